The maximum Gasteiger partial charge on any atom is 0.270 e. The van der Waals surface area contributed by atoms with Crippen molar-refractivity contribution >= 4 is 21.4 Å². The van der Waals surface area contributed by atoms with Crippen molar-refractivity contribution in [1.82, 2.24) is 0 Å². The van der Waals surface area contributed by atoms with Gasteiger partial charge in [-0.25, -0.2) is 8.42 Å². The lowest BCUT2D eigenvalue weighted by Gasteiger charge is -2.23. The monoisotopic (exact) mass is 334 g/mol. The normalized spacial score (nSPS) is 11.3. The van der Waals surface area contributed by atoms with E-state index in [1.54, 1.807) is 26.0 Å². The molecule has 0 aromatic heterocycles. The highest BCUT2D eigenvalue weighted by atomic mass is 32.2. The zero-order valence-electron chi connectivity index (χ0n) is 13.2. The van der Waals surface area contributed by atoms with Crippen LogP contribution in [0.25, 0.3) is 0 Å². The summed E-state index contributed by atoms with van der Waals surface area (Å²) in [5.41, 5.74) is 1.79. The van der Waals surface area contributed by atoms with Crippen molar-refractivity contribution in [3.05, 3.63) is 63.7 Å². The van der Waals surface area contributed by atoms with Crippen molar-refractivity contribution in [1.29, 1.82) is 0 Å². The molecule has 2 aromatic carbocycles. The molecule has 122 valence electrons. The fraction of sp³-hybridized carbons (Fsp3) is 0.250. The predicted octanol–water partition coefficient (Wildman–Crippen LogP) is 3.43. The van der Waals surface area contributed by atoms with Crippen LogP contribution < -0.4 is 4.31 Å². The van der Waals surface area contributed by atoms with Gasteiger partial charge in [-0.1, -0.05) is 23.8 Å². The second-order valence-electron chi connectivity index (χ2n) is 5.21. The molecule has 0 aliphatic rings. The summed E-state index contributed by atoms with van der Waals surface area (Å²) in [5, 5.41) is 10.9. The van der Waals surface area contributed by atoms with Crippen molar-refractivity contribution in [3.63, 3.8) is 0 Å². The zero-order chi connectivity index (χ0) is 17.2. The van der Waals surface area contributed by atoms with Gasteiger partial charge in [0.15, 0.2) is 0 Å². The molecule has 0 amide bonds. The first-order valence-corrected chi connectivity index (χ1v) is 8.56. The molecule has 0 heterocycles. The molecule has 0 radical (unpaired) electrons. The maximum atomic E-state index is 12.9. The summed E-state index contributed by atoms with van der Waals surface area (Å²) in [6.07, 6.45) is 0. The molecule has 0 atom stereocenters. The van der Waals surface area contributed by atoms with Crippen LogP contribution >= 0.6 is 0 Å². The number of anilines is 1. The van der Waals surface area contributed by atoms with E-state index in [2.05, 4.69) is 0 Å². The fourth-order valence-corrected chi connectivity index (χ4v) is 4.02. The summed E-state index contributed by atoms with van der Waals surface area (Å²) >= 11 is 0. The van der Waals surface area contributed by atoms with Crippen molar-refractivity contribution in [2.75, 3.05) is 10.8 Å². The average molecular weight is 334 g/mol. The van der Waals surface area contributed by atoms with Crippen LogP contribution in [0.15, 0.2) is 47.4 Å². The average Bonchev–Trinajstić information content (AvgIpc) is 2.49. The molecule has 0 aliphatic carbocycles. The SMILES string of the molecule is CCN(c1ccc(C)cc1)S(=O)(=O)c1cc([N+](=O)[O-])ccc1C. The Morgan fingerprint density at radius 3 is 2.22 bits per heavy atom. The van der Waals surface area contributed by atoms with E-state index < -0.39 is 14.9 Å². The van der Waals surface area contributed by atoms with Crippen LogP contribution in [0.3, 0.4) is 0 Å². The maximum absolute atomic E-state index is 12.9. The zero-order valence-corrected chi connectivity index (χ0v) is 14.0. The molecule has 0 spiro atoms. The molecule has 2 rings (SSSR count). The number of hydrogen-bond acceptors (Lipinski definition) is 4. The highest BCUT2D eigenvalue weighted by Gasteiger charge is 2.27. The summed E-state index contributed by atoms with van der Waals surface area (Å²) in [4.78, 5) is 10.3. The van der Waals surface area contributed by atoms with E-state index in [4.69, 9.17) is 0 Å². The Morgan fingerprint density at radius 2 is 1.70 bits per heavy atom. The third-order valence-corrected chi connectivity index (χ3v) is 5.60. The van der Waals surface area contributed by atoms with Crippen LogP contribution in [0, 0.1) is 24.0 Å². The van der Waals surface area contributed by atoms with Gasteiger partial charge in [0.05, 0.1) is 15.5 Å². The molecule has 0 fully saturated rings. The first-order valence-electron chi connectivity index (χ1n) is 7.12. The number of nitro benzene ring substituents is 1. The Hall–Kier alpha value is -2.41. The lowest BCUT2D eigenvalue weighted by Crippen LogP contribution is -2.31. The van der Waals surface area contributed by atoms with Crippen LogP contribution in [-0.4, -0.2) is 19.9 Å². The number of hydrogen-bond donors (Lipinski definition) is 0. The van der Waals surface area contributed by atoms with E-state index in [9.17, 15) is 18.5 Å². The van der Waals surface area contributed by atoms with Crippen LogP contribution in [-0.2, 0) is 10.0 Å². The molecule has 0 bridgehead atoms. The van der Waals surface area contributed by atoms with Crippen molar-refractivity contribution in [2.24, 2.45) is 0 Å². The molecular weight excluding hydrogens is 316 g/mol. The fourth-order valence-electron chi connectivity index (χ4n) is 2.30. The minimum Gasteiger partial charge on any atom is -0.267 e. The minimum atomic E-state index is -3.87. The summed E-state index contributed by atoms with van der Waals surface area (Å²) in [7, 11) is -3.87. The van der Waals surface area contributed by atoms with Crippen LogP contribution in [0.4, 0.5) is 11.4 Å². The van der Waals surface area contributed by atoms with Crippen LogP contribution in [0.1, 0.15) is 18.1 Å². The third-order valence-electron chi connectivity index (χ3n) is 3.56. The quantitative estimate of drug-likeness (QED) is 0.620. The van der Waals surface area contributed by atoms with Gasteiger partial charge in [0.25, 0.3) is 15.7 Å². The number of rotatable bonds is 5. The smallest absolute Gasteiger partial charge is 0.267 e. The summed E-state index contributed by atoms with van der Waals surface area (Å²) < 4.78 is 27.1. The summed E-state index contributed by atoms with van der Waals surface area (Å²) in [6, 6.07) is 11.0. The Balaban J connectivity index is 2.57. The molecular formula is C16H18N2O4S. The molecule has 6 nitrogen and oxygen atoms in total. The highest BCUT2D eigenvalue weighted by molar-refractivity contribution is 7.92. The van der Waals surface area contributed by atoms with Gasteiger partial charge in [-0.05, 0) is 38.5 Å². The van der Waals surface area contributed by atoms with Gasteiger partial charge in [-0.2, -0.15) is 0 Å². The van der Waals surface area contributed by atoms with Gasteiger partial charge in [0, 0.05) is 18.7 Å². The second kappa shape index (κ2) is 6.37. The van der Waals surface area contributed by atoms with E-state index in [1.165, 1.54) is 16.4 Å². The Bertz CT molecular complexity index is 830. The molecule has 0 N–H and O–H groups in total. The first-order chi connectivity index (χ1) is 10.8. The number of benzene rings is 2. The van der Waals surface area contributed by atoms with Crippen molar-refractivity contribution in [3.8, 4) is 0 Å². The van der Waals surface area contributed by atoms with Crippen LogP contribution in [0.5, 0.6) is 0 Å². The Kier molecular flexibility index (Phi) is 4.70. The summed E-state index contributed by atoms with van der Waals surface area (Å²) in [6.45, 7) is 5.50. The topological polar surface area (TPSA) is 80.5 Å². The Labute approximate surface area is 135 Å². The van der Waals surface area contributed by atoms with Gasteiger partial charge in [-0.15, -0.1) is 0 Å². The minimum absolute atomic E-state index is 0.0471. The number of non-ortho nitro benzene ring substituents is 1. The third kappa shape index (κ3) is 3.34. The Morgan fingerprint density at radius 1 is 1.09 bits per heavy atom. The second-order valence-corrected chi connectivity index (χ2v) is 7.04. The number of nitro groups is 1. The van der Waals surface area contributed by atoms with Gasteiger partial charge >= 0.3 is 0 Å². The van der Waals surface area contributed by atoms with Gasteiger partial charge in [0.1, 0.15) is 0 Å². The molecule has 0 saturated heterocycles. The van der Waals surface area contributed by atoms with E-state index in [0.717, 1.165) is 11.6 Å². The van der Waals surface area contributed by atoms with Crippen molar-refractivity contribution < 1.29 is 13.3 Å². The molecule has 0 saturated carbocycles. The highest BCUT2D eigenvalue weighted by Crippen LogP contribution is 2.28. The molecule has 0 unspecified atom stereocenters. The van der Waals surface area contributed by atoms with E-state index in [1.807, 2.05) is 19.1 Å². The molecule has 2 aromatic rings. The standard InChI is InChI=1S/C16H18N2O4S/c1-4-17(14-8-5-12(2)6-9-14)23(21,22)16-11-15(18(19)20)10-7-13(16)3/h5-11H,4H2,1-3H3. The van der Waals surface area contributed by atoms with Gasteiger partial charge in [-0.3, -0.25) is 14.4 Å². The molecule has 0 aliphatic heterocycles. The summed E-state index contributed by atoms with van der Waals surface area (Å²) in [5.74, 6) is 0. The van der Waals surface area contributed by atoms with E-state index in [0.29, 0.717) is 11.3 Å². The number of aryl methyl sites for hydroxylation is 2. The number of sulfonamides is 1. The van der Waals surface area contributed by atoms with Gasteiger partial charge in [0.2, 0.25) is 0 Å². The lowest BCUT2D eigenvalue weighted by molar-refractivity contribution is -0.385. The first kappa shape index (κ1) is 17.0. The van der Waals surface area contributed by atoms with Gasteiger partial charge < -0.3 is 0 Å². The van der Waals surface area contributed by atoms with Crippen LogP contribution in [0.2, 0.25) is 0 Å². The molecule has 7 heteroatoms. The number of nitrogens with zero attached hydrogens (tertiary/aromatic N) is 2. The van der Waals surface area contributed by atoms with E-state index in [-0.39, 0.29) is 17.1 Å². The van der Waals surface area contributed by atoms with E-state index >= 15 is 0 Å². The lowest BCUT2D eigenvalue weighted by atomic mass is 10.2. The van der Waals surface area contributed by atoms with Crippen molar-refractivity contribution in [2.45, 2.75) is 25.7 Å². The predicted molar refractivity (Wildman–Crippen MR) is 89.2 cm³/mol. The largest absolute Gasteiger partial charge is 0.270 e. The molecule has 23 heavy (non-hydrogen) atoms.